The molecule has 144 valence electrons. The topological polar surface area (TPSA) is 85.2 Å². The van der Waals surface area contributed by atoms with Crippen molar-refractivity contribution in [1.82, 2.24) is 0 Å². The number of ketones is 1. The van der Waals surface area contributed by atoms with Crippen molar-refractivity contribution in [3.05, 3.63) is 53.1 Å². The zero-order chi connectivity index (χ0) is 19.7. The highest BCUT2D eigenvalue weighted by molar-refractivity contribution is 6.07. The van der Waals surface area contributed by atoms with Gasteiger partial charge in [-0.1, -0.05) is 18.2 Å². The fraction of sp³-hybridized carbons (Fsp3) is 0.409. The van der Waals surface area contributed by atoms with Crippen molar-refractivity contribution >= 4 is 17.5 Å². The molecule has 6 heteroatoms. The van der Waals surface area contributed by atoms with E-state index in [0.29, 0.717) is 17.7 Å². The van der Waals surface area contributed by atoms with Gasteiger partial charge in [0.2, 0.25) is 5.60 Å². The van der Waals surface area contributed by atoms with Crippen LogP contribution in [-0.4, -0.2) is 34.3 Å². The standard InChI is InChI=1S/C22H21NO5/c1-12-17(25)8-10-21(2)9-7-15-19(18(12)21)27-20(26)22(15)11-16(23-28-22)13-3-5-14(24)6-4-13/h3-6,8,10,15,19,24H,7,9,11H2,1-2H3/t15-,19+,21+,22?/m1/s1. The van der Waals surface area contributed by atoms with Gasteiger partial charge < -0.3 is 14.7 Å². The van der Waals surface area contributed by atoms with Gasteiger partial charge in [0, 0.05) is 17.4 Å². The van der Waals surface area contributed by atoms with Crippen LogP contribution in [0.1, 0.15) is 38.7 Å². The molecule has 1 saturated heterocycles. The molecule has 0 aromatic heterocycles. The summed E-state index contributed by atoms with van der Waals surface area (Å²) in [5.74, 6) is -0.455. The van der Waals surface area contributed by atoms with E-state index < -0.39 is 17.7 Å². The molecule has 1 unspecified atom stereocenters. The first kappa shape index (κ1) is 17.2. The summed E-state index contributed by atoms with van der Waals surface area (Å²) < 4.78 is 5.84. The van der Waals surface area contributed by atoms with Gasteiger partial charge in [-0.2, -0.15) is 0 Å². The van der Waals surface area contributed by atoms with Crippen molar-refractivity contribution in [2.75, 3.05) is 0 Å². The Hall–Kier alpha value is -2.89. The molecule has 1 saturated carbocycles. The zero-order valence-electron chi connectivity index (χ0n) is 15.8. The number of esters is 1. The lowest BCUT2D eigenvalue weighted by Crippen LogP contribution is -2.47. The summed E-state index contributed by atoms with van der Waals surface area (Å²) >= 11 is 0. The van der Waals surface area contributed by atoms with E-state index in [9.17, 15) is 14.7 Å². The number of benzene rings is 1. The Bertz CT molecular complexity index is 989. The molecule has 1 N–H and O–H groups in total. The highest BCUT2D eigenvalue weighted by Crippen LogP contribution is 2.56. The van der Waals surface area contributed by atoms with Crippen molar-refractivity contribution in [2.45, 2.75) is 44.8 Å². The van der Waals surface area contributed by atoms with Crippen LogP contribution in [0.5, 0.6) is 5.75 Å². The maximum atomic E-state index is 13.0. The van der Waals surface area contributed by atoms with E-state index in [2.05, 4.69) is 12.1 Å². The minimum Gasteiger partial charge on any atom is -0.508 e. The molecule has 28 heavy (non-hydrogen) atoms. The molecule has 2 fully saturated rings. The number of phenols is 1. The van der Waals surface area contributed by atoms with Crippen molar-refractivity contribution in [3.63, 3.8) is 0 Å². The van der Waals surface area contributed by atoms with Crippen LogP contribution < -0.4 is 0 Å². The van der Waals surface area contributed by atoms with Crippen LogP contribution in [0.25, 0.3) is 0 Å². The number of ether oxygens (including phenoxy) is 1. The van der Waals surface area contributed by atoms with E-state index in [4.69, 9.17) is 9.57 Å². The van der Waals surface area contributed by atoms with E-state index in [1.165, 1.54) is 0 Å². The van der Waals surface area contributed by atoms with Gasteiger partial charge in [0.05, 0.1) is 11.6 Å². The number of hydrogen-bond donors (Lipinski definition) is 1. The number of oxime groups is 1. The fourth-order valence-electron chi connectivity index (χ4n) is 5.15. The van der Waals surface area contributed by atoms with Gasteiger partial charge in [0.25, 0.3) is 0 Å². The van der Waals surface area contributed by atoms with Gasteiger partial charge in [-0.3, -0.25) is 4.79 Å². The Labute approximate surface area is 162 Å². The van der Waals surface area contributed by atoms with E-state index in [1.54, 1.807) is 30.3 Å². The Kier molecular flexibility index (Phi) is 3.42. The predicted molar refractivity (Wildman–Crippen MR) is 101 cm³/mol. The largest absolute Gasteiger partial charge is 0.508 e. The second-order valence-corrected chi connectivity index (χ2v) is 8.37. The Morgan fingerprint density at radius 3 is 2.71 bits per heavy atom. The number of nitrogens with zero attached hydrogens (tertiary/aromatic N) is 1. The number of hydrogen-bond acceptors (Lipinski definition) is 6. The van der Waals surface area contributed by atoms with E-state index >= 15 is 0 Å². The van der Waals surface area contributed by atoms with Crippen molar-refractivity contribution in [3.8, 4) is 5.75 Å². The SMILES string of the molecule is CC1=C2[C@H]3OC(=O)C4(CC(c5ccc(O)cc5)=NO4)[C@@H]3CC[C@@]2(C)C=CC1=O. The molecule has 0 amide bonds. The molecule has 4 aliphatic rings. The van der Waals surface area contributed by atoms with Gasteiger partial charge in [-0.25, -0.2) is 4.79 Å². The predicted octanol–water partition coefficient (Wildman–Crippen LogP) is 3.05. The van der Waals surface area contributed by atoms with E-state index in [-0.39, 0.29) is 22.9 Å². The van der Waals surface area contributed by atoms with Crippen LogP contribution in [0.3, 0.4) is 0 Å². The summed E-state index contributed by atoms with van der Waals surface area (Å²) in [5, 5.41) is 13.7. The summed E-state index contributed by atoms with van der Waals surface area (Å²) in [6.45, 7) is 3.91. The van der Waals surface area contributed by atoms with Crippen molar-refractivity contribution in [1.29, 1.82) is 0 Å². The number of allylic oxidation sites excluding steroid dienone is 3. The monoisotopic (exact) mass is 379 g/mol. The number of phenolic OH excluding ortho intramolecular Hbond substituents is 1. The quantitative estimate of drug-likeness (QED) is 0.758. The van der Waals surface area contributed by atoms with Crippen LogP contribution >= 0.6 is 0 Å². The summed E-state index contributed by atoms with van der Waals surface area (Å²) in [7, 11) is 0. The van der Waals surface area contributed by atoms with Crippen LogP contribution in [0.15, 0.2) is 52.7 Å². The molecule has 2 aliphatic heterocycles. The lowest BCUT2D eigenvalue weighted by Gasteiger charge is -2.43. The van der Waals surface area contributed by atoms with Crippen LogP contribution in [0.2, 0.25) is 0 Å². The fourth-order valence-corrected chi connectivity index (χ4v) is 5.15. The molecule has 1 aromatic rings. The molecule has 0 radical (unpaired) electrons. The second kappa shape index (κ2) is 5.56. The molecule has 6 nitrogen and oxygen atoms in total. The first-order valence-electron chi connectivity index (χ1n) is 9.54. The van der Waals surface area contributed by atoms with Gasteiger partial charge >= 0.3 is 5.97 Å². The molecule has 0 bridgehead atoms. The summed E-state index contributed by atoms with van der Waals surface area (Å²) in [6, 6.07) is 6.67. The van der Waals surface area contributed by atoms with E-state index in [1.807, 2.05) is 13.0 Å². The Morgan fingerprint density at radius 1 is 1.21 bits per heavy atom. The first-order valence-corrected chi connectivity index (χ1v) is 9.54. The first-order chi connectivity index (χ1) is 13.3. The van der Waals surface area contributed by atoms with Gasteiger partial charge in [0.15, 0.2) is 5.78 Å². The number of carbonyl (C=O) groups excluding carboxylic acids is 2. The lowest BCUT2D eigenvalue weighted by molar-refractivity contribution is -0.158. The zero-order valence-corrected chi connectivity index (χ0v) is 15.8. The number of carbonyl (C=O) groups is 2. The van der Waals surface area contributed by atoms with Gasteiger partial charge in [-0.05, 0) is 61.2 Å². The van der Waals surface area contributed by atoms with Crippen LogP contribution in [0.4, 0.5) is 0 Å². The third-order valence-corrected chi connectivity index (χ3v) is 6.74. The highest BCUT2D eigenvalue weighted by atomic mass is 16.7. The van der Waals surface area contributed by atoms with Gasteiger partial charge in [-0.15, -0.1) is 0 Å². The Morgan fingerprint density at radius 2 is 1.96 bits per heavy atom. The van der Waals surface area contributed by atoms with E-state index in [0.717, 1.165) is 24.0 Å². The maximum Gasteiger partial charge on any atom is 0.354 e. The van der Waals surface area contributed by atoms with Crippen molar-refractivity contribution < 1.29 is 24.3 Å². The molecular formula is C22H21NO5. The molecule has 5 rings (SSSR count). The summed E-state index contributed by atoms with van der Waals surface area (Å²) in [5.41, 5.74) is 1.63. The van der Waals surface area contributed by atoms with Crippen LogP contribution in [0, 0.1) is 11.3 Å². The molecule has 1 spiro atoms. The second-order valence-electron chi connectivity index (χ2n) is 8.37. The summed E-state index contributed by atoms with van der Waals surface area (Å²) in [4.78, 5) is 31.0. The highest BCUT2D eigenvalue weighted by Gasteiger charge is 2.66. The average Bonchev–Trinajstić information content (AvgIpc) is 3.22. The van der Waals surface area contributed by atoms with Crippen LogP contribution in [-0.2, 0) is 19.2 Å². The molecule has 4 atom stereocenters. The molecule has 2 aliphatic carbocycles. The number of rotatable bonds is 1. The minimum atomic E-state index is -1.14. The molecule has 1 aromatic carbocycles. The third kappa shape index (κ3) is 2.17. The number of aromatic hydroxyl groups is 1. The molecular weight excluding hydrogens is 358 g/mol. The smallest absolute Gasteiger partial charge is 0.354 e. The summed E-state index contributed by atoms with van der Waals surface area (Å²) in [6.07, 6.45) is 5.01. The maximum absolute atomic E-state index is 13.0. The molecule has 2 heterocycles. The number of fused-ring (bicyclic) bond motifs is 4. The normalized spacial score (nSPS) is 36.1. The van der Waals surface area contributed by atoms with Gasteiger partial charge in [0.1, 0.15) is 11.9 Å². The third-order valence-electron chi connectivity index (χ3n) is 6.74. The Balaban J connectivity index is 1.50. The lowest BCUT2D eigenvalue weighted by atomic mass is 9.60. The average molecular weight is 379 g/mol. The minimum absolute atomic E-state index is 0.0292. The van der Waals surface area contributed by atoms with Crippen molar-refractivity contribution in [2.24, 2.45) is 16.5 Å².